The zero-order chi connectivity index (χ0) is 16.9. The van der Waals surface area contributed by atoms with Crippen LogP contribution in [0.2, 0.25) is 0 Å². The molecule has 0 radical (unpaired) electrons. The highest BCUT2D eigenvalue weighted by Gasteiger charge is 2.25. The number of benzene rings is 1. The summed E-state index contributed by atoms with van der Waals surface area (Å²) in [4.78, 5) is 18.6. The van der Waals surface area contributed by atoms with Gasteiger partial charge in [0.25, 0.3) is 5.91 Å². The van der Waals surface area contributed by atoms with E-state index in [1.165, 1.54) is 5.56 Å². The number of nitrogens with zero attached hydrogens (tertiary/aromatic N) is 2. The number of hydrogen-bond donors (Lipinski definition) is 1. The average Bonchev–Trinajstić information content (AvgIpc) is 3.24. The van der Waals surface area contributed by atoms with Crippen molar-refractivity contribution in [2.24, 2.45) is 0 Å². The van der Waals surface area contributed by atoms with E-state index in [4.69, 9.17) is 4.74 Å². The minimum Gasteiger partial charge on any atom is -0.484 e. The molecule has 128 valence electrons. The Bertz CT molecular complexity index is 655. The van der Waals surface area contributed by atoms with E-state index in [-0.39, 0.29) is 18.6 Å². The lowest BCUT2D eigenvalue weighted by Gasteiger charge is -2.16. The van der Waals surface area contributed by atoms with Gasteiger partial charge in [0.15, 0.2) is 11.7 Å². The Hall–Kier alpha value is -2.08. The molecule has 1 N–H and O–H groups in total. The first kappa shape index (κ1) is 16.8. The van der Waals surface area contributed by atoms with Crippen LogP contribution in [-0.2, 0) is 4.79 Å². The largest absolute Gasteiger partial charge is 0.484 e. The van der Waals surface area contributed by atoms with E-state index in [1.807, 2.05) is 35.8 Å². The summed E-state index contributed by atoms with van der Waals surface area (Å²) in [6.07, 6.45) is 2.75. The summed E-state index contributed by atoms with van der Waals surface area (Å²) in [6, 6.07) is 8.08. The van der Waals surface area contributed by atoms with E-state index in [0.29, 0.717) is 5.92 Å². The molecule has 1 aliphatic rings. The zero-order valence-electron chi connectivity index (χ0n) is 14.1. The van der Waals surface area contributed by atoms with Gasteiger partial charge >= 0.3 is 0 Å². The molecule has 1 unspecified atom stereocenters. The molecule has 0 saturated carbocycles. The van der Waals surface area contributed by atoms with Crippen molar-refractivity contribution in [3.05, 3.63) is 41.4 Å². The van der Waals surface area contributed by atoms with Crippen LogP contribution >= 0.6 is 11.3 Å². The molecule has 3 rings (SSSR count). The van der Waals surface area contributed by atoms with Gasteiger partial charge in [-0.05, 0) is 30.0 Å². The van der Waals surface area contributed by atoms with Crippen molar-refractivity contribution >= 4 is 22.4 Å². The van der Waals surface area contributed by atoms with Gasteiger partial charge in [-0.3, -0.25) is 4.79 Å². The Morgan fingerprint density at radius 2 is 2.21 bits per heavy atom. The fourth-order valence-corrected chi connectivity index (χ4v) is 3.47. The Balaban J connectivity index is 1.43. The standard InChI is InChI=1S/C18H23N3O2S/c1-13(2)14-3-5-16(6-4-14)23-12-17(22)20-15-7-9-21(11-15)18-19-8-10-24-18/h3-6,8,10,13,15H,7,9,11-12H2,1-2H3,(H,20,22). The van der Waals surface area contributed by atoms with Crippen molar-refractivity contribution in [3.8, 4) is 5.75 Å². The summed E-state index contributed by atoms with van der Waals surface area (Å²) in [6.45, 7) is 6.09. The lowest BCUT2D eigenvalue weighted by Crippen LogP contribution is -2.39. The summed E-state index contributed by atoms with van der Waals surface area (Å²) in [5.41, 5.74) is 1.26. The molecule has 1 aromatic carbocycles. The highest BCUT2D eigenvalue weighted by molar-refractivity contribution is 7.13. The minimum absolute atomic E-state index is 0.0504. The second kappa shape index (κ2) is 7.66. The molecule has 2 heterocycles. The smallest absolute Gasteiger partial charge is 0.258 e. The van der Waals surface area contributed by atoms with Crippen LogP contribution in [0.3, 0.4) is 0 Å². The van der Waals surface area contributed by atoms with Crippen LogP contribution in [0.1, 0.15) is 31.7 Å². The summed E-state index contributed by atoms with van der Waals surface area (Å²) in [7, 11) is 0. The number of hydrogen-bond acceptors (Lipinski definition) is 5. The molecule has 1 atom stereocenters. The van der Waals surface area contributed by atoms with Crippen molar-refractivity contribution < 1.29 is 9.53 Å². The molecule has 0 spiro atoms. The molecule has 1 saturated heterocycles. The maximum atomic E-state index is 12.1. The van der Waals surface area contributed by atoms with Gasteiger partial charge in [-0.25, -0.2) is 4.98 Å². The average molecular weight is 345 g/mol. The number of carbonyl (C=O) groups excluding carboxylic acids is 1. The van der Waals surface area contributed by atoms with Crippen LogP contribution in [0.4, 0.5) is 5.13 Å². The van der Waals surface area contributed by atoms with E-state index >= 15 is 0 Å². The minimum atomic E-state index is -0.0751. The first-order chi connectivity index (χ1) is 11.6. The van der Waals surface area contributed by atoms with Gasteiger partial charge in [0.05, 0.1) is 0 Å². The Morgan fingerprint density at radius 1 is 1.42 bits per heavy atom. The fraction of sp³-hybridized carbons (Fsp3) is 0.444. The second-order valence-electron chi connectivity index (χ2n) is 6.33. The number of rotatable bonds is 6. The summed E-state index contributed by atoms with van der Waals surface area (Å²) < 4.78 is 5.58. The van der Waals surface area contributed by atoms with Crippen LogP contribution in [0.15, 0.2) is 35.8 Å². The fourth-order valence-electron chi connectivity index (χ4n) is 2.79. The third-order valence-corrected chi connectivity index (χ3v) is 4.99. The van der Waals surface area contributed by atoms with Crippen LogP contribution < -0.4 is 15.0 Å². The first-order valence-electron chi connectivity index (χ1n) is 8.28. The lowest BCUT2D eigenvalue weighted by molar-refractivity contribution is -0.123. The molecule has 1 aliphatic heterocycles. The van der Waals surface area contributed by atoms with Crippen LogP contribution in [0, 0.1) is 0 Å². The van der Waals surface area contributed by atoms with E-state index in [9.17, 15) is 4.79 Å². The number of nitrogens with one attached hydrogen (secondary N) is 1. The molecule has 5 nitrogen and oxygen atoms in total. The SMILES string of the molecule is CC(C)c1ccc(OCC(=O)NC2CCN(c3nccs3)C2)cc1. The van der Waals surface area contributed by atoms with E-state index < -0.39 is 0 Å². The van der Waals surface area contributed by atoms with Crippen molar-refractivity contribution in [1.82, 2.24) is 10.3 Å². The number of aromatic nitrogens is 1. The normalized spacial score (nSPS) is 17.3. The maximum absolute atomic E-state index is 12.1. The summed E-state index contributed by atoms with van der Waals surface area (Å²) >= 11 is 1.63. The highest BCUT2D eigenvalue weighted by Crippen LogP contribution is 2.22. The summed E-state index contributed by atoms with van der Waals surface area (Å²) in [5, 5.41) is 6.04. The van der Waals surface area contributed by atoms with Crippen molar-refractivity contribution in [1.29, 1.82) is 0 Å². The molecule has 0 aliphatic carbocycles. The molecule has 1 aromatic heterocycles. The number of amides is 1. The van der Waals surface area contributed by atoms with Gasteiger partial charge in [0, 0.05) is 30.7 Å². The van der Waals surface area contributed by atoms with Crippen LogP contribution in [-0.4, -0.2) is 36.6 Å². The first-order valence-corrected chi connectivity index (χ1v) is 9.16. The third kappa shape index (κ3) is 4.26. The molecule has 6 heteroatoms. The number of carbonyl (C=O) groups is 1. The number of anilines is 1. The van der Waals surface area contributed by atoms with E-state index in [1.54, 1.807) is 11.3 Å². The van der Waals surface area contributed by atoms with Crippen molar-refractivity contribution in [2.45, 2.75) is 32.2 Å². The molecule has 2 aromatic rings. The van der Waals surface area contributed by atoms with Crippen molar-refractivity contribution in [2.75, 3.05) is 24.6 Å². The van der Waals surface area contributed by atoms with E-state index in [0.717, 1.165) is 30.4 Å². The van der Waals surface area contributed by atoms with Crippen molar-refractivity contribution in [3.63, 3.8) is 0 Å². The topological polar surface area (TPSA) is 54.5 Å². The van der Waals surface area contributed by atoms with Gasteiger partial charge in [-0.1, -0.05) is 26.0 Å². The number of thiazole rings is 1. The third-order valence-electron chi connectivity index (χ3n) is 4.16. The molecular formula is C18H23N3O2S. The second-order valence-corrected chi connectivity index (χ2v) is 7.20. The highest BCUT2D eigenvalue weighted by atomic mass is 32.1. The Morgan fingerprint density at radius 3 is 2.88 bits per heavy atom. The molecule has 1 amide bonds. The molecular weight excluding hydrogens is 322 g/mol. The predicted molar refractivity (Wildman–Crippen MR) is 96.9 cm³/mol. The molecule has 0 bridgehead atoms. The van der Waals surface area contributed by atoms with Gasteiger partial charge in [0.2, 0.25) is 0 Å². The van der Waals surface area contributed by atoms with Gasteiger partial charge in [0.1, 0.15) is 5.75 Å². The summed E-state index contributed by atoms with van der Waals surface area (Å²) in [5.74, 6) is 1.14. The van der Waals surface area contributed by atoms with Crippen LogP contribution in [0.5, 0.6) is 5.75 Å². The molecule has 1 fully saturated rings. The number of ether oxygens (including phenoxy) is 1. The quantitative estimate of drug-likeness (QED) is 0.874. The molecule has 24 heavy (non-hydrogen) atoms. The monoisotopic (exact) mass is 345 g/mol. The van der Waals surface area contributed by atoms with Gasteiger partial charge in [-0.15, -0.1) is 11.3 Å². The van der Waals surface area contributed by atoms with Crippen LogP contribution in [0.25, 0.3) is 0 Å². The van der Waals surface area contributed by atoms with E-state index in [2.05, 4.69) is 29.0 Å². The Kier molecular flexibility index (Phi) is 5.35. The van der Waals surface area contributed by atoms with Gasteiger partial charge in [-0.2, -0.15) is 0 Å². The Labute approximate surface area is 146 Å². The van der Waals surface area contributed by atoms with Gasteiger partial charge < -0.3 is 15.0 Å². The maximum Gasteiger partial charge on any atom is 0.258 e. The lowest BCUT2D eigenvalue weighted by atomic mass is 10.0. The predicted octanol–water partition coefficient (Wildman–Crippen LogP) is 3.04. The zero-order valence-corrected chi connectivity index (χ0v) is 14.9.